The summed E-state index contributed by atoms with van der Waals surface area (Å²) in [6, 6.07) is 11.7. The summed E-state index contributed by atoms with van der Waals surface area (Å²) in [6.07, 6.45) is 0.605. The highest BCUT2D eigenvalue weighted by atomic mass is 16.7. The minimum atomic E-state index is -0.447. The molecule has 3 aromatic rings. The summed E-state index contributed by atoms with van der Waals surface area (Å²) < 4.78 is 21.3. The van der Waals surface area contributed by atoms with E-state index in [0.29, 0.717) is 35.4 Å². The van der Waals surface area contributed by atoms with Gasteiger partial charge in [-0.05, 0) is 36.2 Å². The monoisotopic (exact) mass is 367 g/mol. The van der Waals surface area contributed by atoms with Crippen molar-refractivity contribution in [1.82, 2.24) is 5.32 Å². The molecule has 7 heteroatoms. The number of methoxy groups -OCH3 is 1. The predicted molar refractivity (Wildman–Crippen MR) is 97.6 cm³/mol. The molecule has 0 atom stereocenters. The van der Waals surface area contributed by atoms with Gasteiger partial charge in [0.05, 0.1) is 12.5 Å². The Labute approximate surface area is 154 Å². The van der Waals surface area contributed by atoms with E-state index in [4.69, 9.17) is 18.6 Å². The van der Waals surface area contributed by atoms with Crippen LogP contribution in [0.3, 0.4) is 0 Å². The van der Waals surface area contributed by atoms with E-state index >= 15 is 0 Å². The third-order valence-electron chi connectivity index (χ3n) is 4.30. The van der Waals surface area contributed by atoms with Gasteiger partial charge in [0.2, 0.25) is 6.79 Å². The van der Waals surface area contributed by atoms with Gasteiger partial charge < -0.3 is 23.9 Å². The van der Waals surface area contributed by atoms with Gasteiger partial charge in [0.15, 0.2) is 22.7 Å². The fourth-order valence-electron chi connectivity index (χ4n) is 2.88. The van der Waals surface area contributed by atoms with Crippen molar-refractivity contribution < 1.29 is 23.4 Å². The molecular weight excluding hydrogens is 350 g/mol. The predicted octanol–water partition coefficient (Wildman–Crippen LogP) is 2.50. The second kappa shape index (κ2) is 7.03. The number of carbonyl (C=O) groups is 1. The molecule has 1 aliphatic rings. The molecule has 0 saturated heterocycles. The maximum atomic E-state index is 12.4. The average Bonchev–Trinajstić information content (AvgIpc) is 3.15. The molecule has 138 valence electrons. The Bertz CT molecular complexity index is 1070. The largest absolute Gasteiger partial charge is 0.497 e. The third-order valence-corrected chi connectivity index (χ3v) is 4.30. The van der Waals surface area contributed by atoms with Gasteiger partial charge in [-0.25, -0.2) is 0 Å². The molecule has 0 bridgehead atoms. The van der Waals surface area contributed by atoms with E-state index in [1.165, 1.54) is 13.2 Å². The highest BCUT2D eigenvalue weighted by Crippen LogP contribution is 2.32. The number of benzene rings is 2. The summed E-state index contributed by atoms with van der Waals surface area (Å²) >= 11 is 0. The minimum Gasteiger partial charge on any atom is -0.497 e. The number of fused-ring (bicyclic) bond motifs is 2. The first-order valence-corrected chi connectivity index (χ1v) is 8.42. The van der Waals surface area contributed by atoms with Crippen LogP contribution in [0.15, 0.2) is 51.7 Å². The smallest absolute Gasteiger partial charge is 0.287 e. The maximum absolute atomic E-state index is 12.4. The lowest BCUT2D eigenvalue weighted by atomic mass is 10.1. The molecule has 1 aromatic heterocycles. The highest BCUT2D eigenvalue weighted by Gasteiger charge is 2.15. The Kier molecular flexibility index (Phi) is 4.42. The molecule has 0 aliphatic carbocycles. The van der Waals surface area contributed by atoms with Crippen LogP contribution in [-0.4, -0.2) is 26.4 Å². The van der Waals surface area contributed by atoms with Crippen LogP contribution in [0, 0.1) is 0 Å². The number of ether oxygens (including phenoxy) is 3. The quantitative estimate of drug-likeness (QED) is 0.746. The first-order chi connectivity index (χ1) is 13.1. The van der Waals surface area contributed by atoms with Crippen LogP contribution >= 0.6 is 0 Å². The number of hydrogen-bond acceptors (Lipinski definition) is 6. The standard InChI is InChI=1S/C20H17NO6/c1-24-13-3-4-14-15(22)10-19(27-17(14)9-13)20(23)21-7-6-12-2-5-16-18(8-12)26-11-25-16/h2-5,8-10H,6-7,11H2,1H3,(H,21,23). The van der Waals surface area contributed by atoms with E-state index in [2.05, 4.69) is 5.32 Å². The first kappa shape index (κ1) is 17.0. The normalized spacial score (nSPS) is 12.2. The summed E-state index contributed by atoms with van der Waals surface area (Å²) in [5.41, 5.74) is 1.03. The van der Waals surface area contributed by atoms with E-state index in [1.807, 2.05) is 18.2 Å². The lowest BCUT2D eigenvalue weighted by molar-refractivity contribution is 0.0927. The minimum absolute atomic E-state index is 0.0357. The van der Waals surface area contributed by atoms with E-state index < -0.39 is 5.91 Å². The Morgan fingerprint density at radius 1 is 1.11 bits per heavy atom. The van der Waals surface area contributed by atoms with Gasteiger partial charge >= 0.3 is 0 Å². The molecule has 4 rings (SSSR count). The SMILES string of the molecule is COc1ccc2c(=O)cc(C(=O)NCCc3ccc4c(c3)OCO4)oc2c1. The van der Waals surface area contributed by atoms with Crippen LogP contribution in [-0.2, 0) is 6.42 Å². The van der Waals surface area contributed by atoms with Gasteiger partial charge in [-0.2, -0.15) is 0 Å². The van der Waals surface area contributed by atoms with Crippen LogP contribution in [0.2, 0.25) is 0 Å². The van der Waals surface area contributed by atoms with Crippen LogP contribution in [0.5, 0.6) is 17.2 Å². The molecule has 0 spiro atoms. The molecule has 27 heavy (non-hydrogen) atoms. The fourth-order valence-corrected chi connectivity index (χ4v) is 2.88. The lowest BCUT2D eigenvalue weighted by Crippen LogP contribution is -2.26. The first-order valence-electron chi connectivity index (χ1n) is 8.42. The molecule has 0 saturated carbocycles. The second-order valence-corrected chi connectivity index (χ2v) is 6.03. The van der Waals surface area contributed by atoms with Gasteiger partial charge in [-0.15, -0.1) is 0 Å². The van der Waals surface area contributed by atoms with E-state index in [9.17, 15) is 9.59 Å². The van der Waals surface area contributed by atoms with E-state index in [1.54, 1.807) is 18.2 Å². The molecule has 7 nitrogen and oxygen atoms in total. The van der Waals surface area contributed by atoms with Crippen molar-refractivity contribution in [2.45, 2.75) is 6.42 Å². The van der Waals surface area contributed by atoms with Crippen molar-refractivity contribution in [2.24, 2.45) is 0 Å². The molecule has 0 radical (unpaired) electrons. The molecule has 1 N–H and O–H groups in total. The molecule has 2 heterocycles. The van der Waals surface area contributed by atoms with Gasteiger partial charge in [-0.1, -0.05) is 6.07 Å². The van der Waals surface area contributed by atoms with E-state index in [-0.39, 0.29) is 18.0 Å². The Morgan fingerprint density at radius 2 is 1.96 bits per heavy atom. The summed E-state index contributed by atoms with van der Waals surface area (Å²) in [7, 11) is 1.52. The Balaban J connectivity index is 1.45. The van der Waals surface area contributed by atoms with Gasteiger partial charge in [0.1, 0.15) is 11.3 Å². The number of rotatable bonds is 5. The lowest BCUT2D eigenvalue weighted by Gasteiger charge is -2.07. The molecule has 1 amide bonds. The maximum Gasteiger partial charge on any atom is 0.287 e. The highest BCUT2D eigenvalue weighted by molar-refractivity contribution is 5.93. The number of hydrogen-bond donors (Lipinski definition) is 1. The summed E-state index contributed by atoms with van der Waals surface area (Å²) in [4.78, 5) is 24.6. The van der Waals surface area contributed by atoms with Crippen LogP contribution < -0.4 is 25.0 Å². The summed E-state index contributed by atoms with van der Waals surface area (Å²) in [5.74, 6) is 1.49. The molecule has 2 aromatic carbocycles. The van der Waals surface area contributed by atoms with Crippen molar-refractivity contribution in [2.75, 3.05) is 20.4 Å². The topological polar surface area (TPSA) is 87.0 Å². The third kappa shape index (κ3) is 3.44. The van der Waals surface area contributed by atoms with Crippen LogP contribution in [0.1, 0.15) is 16.1 Å². The molecule has 0 unspecified atom stereocenters. The Morgan fingerprint density at radius 3 is 2.81 bits per heavy atom. The molecule has 0 fully saturated rings. The van der Waals surface area contributed by atoms with Gasteiger partial charge in [0, 0.05) is 18.7 Å². The van der Waals surface area contributed by atoms with Crippen molar-refractivity contribution in [3.8, 4) is 17.2 Å². The summed E-state index contributed by atoms with van der Waals surface area (Å²) in [5, 5.41) is 3.16. The zero-order valence-corrected chi connectivity index (χ0v) is 14.6. The van der Waals surface area contributed by atoms with Crippen molar-refractivity contribution in [3.63, 3.8) is 0 Å². The number of carbonyl (C=O) groups excluding carboxylic acids is 1. The van der Waals surface area contributed by atoms with Crippen molar-refractivity contribution >= 4 is 16.9 Å². The number of amides is 1. The molecule has 1 aliphatic heterocycles. The van der Waals surface area contributed by atoms with E-state index in [0.717, 1.165) is 11.3 Å². The summed E-state index contributed by atoms with van der Waals surface area (Å²) in [6.45, 7) is 0.611. The second-order valence-electron chi connectivity index (χ2n) is 6.03. The van der Waals surface area contributed by atoms with Crippen LogP contribution in [0.4, 0.5) is 0 Å². The van der Waals surface area contributed by atoms with Gasteiger partial charge in [0.25, 0.3) is 5.91 Å². The fraction of sp³-hybridized carbons (Fsp3) is 0.200. The number of nitrogens with one attached hydrogen (secondary N) is 1. The zero-order valence-electron chi connectivity index (χ0n) is 14.6. The van der Waals surface area contributed by atoms with Crippen LogP contribution in [0.25, 0.3) is 11.0 Å². The Hall–Kier alpha value is -3.48. The van der Waals surface area contributed by atoms with Gasteiger partial charge in [-0.3, -0.25) is 9.59 Å². The zero-order chi connectivity index (χ0) is 18.8. The van der Waals surface area contributed by atoms with Crippen molar-refractivity contribution in [3.05, 3.63) is 64.0 Å². The molecular formula is C20H17NO6. The van der Waals surface area contributed by atoms with Crippen molar-refractivity contribution in [1.29, 1.82) is 0 Å². The average molecular weight is 367 g/mol.